The Morgan fingerprint density at radius 1 is 1.25 bits per heavy atom. The standard InChI is InChI=1S/C10H11ClF2O2S/c1-10(2,6-16(11,14)15)7-3-4-8(12)9(13)5-7/h3-5H,6H2,1-2H3. The second-order valence-corrected chi connectivity index (χ2v) is 6.97. The first-order valence-electron chi connectivity index (χ1n) is 4.50. The molecule has 0 aliphatic carbocycles. The summed E-state index contributed by atoms with van der Waals surface area (Å²) >= 11 is 0. The van der Waals surface area contributed by atoms with Gasteiger partial charge < -0.3 is 0 Å². The molecule has 0 fully saturated rings. The van der Waals surface area contributed by atoms with E-state index >= 15 is 0 Å². The predicted octanol–water partition coefficient (Wildman–Crippen LogP) is 2.81. The minimum absolute atomic E-state index is 0.341. The maximum atomic E-state index is 13.0. The Hall–Kier alpha value is -0.680. The van der Waals surface area contributed by atoms with E-state index in [0.717, 1.165) is 12.1 Å². The van der Waals surface area contributed by atoms with Crippen molar-refractivity contribution in [1.29, 1.82) is 0 Å². The van der Waals surface area contributed by atoms with Crippen LogP contribution in [0.1, 0.15) is 19.4 Å². The summed E-state index contributed by atoms with van der Waals surface area (Å²) in [6, 6.07) is 3.30. The monoisotopic (exact) mass is 268 g/mol. The van der Waals surface area contributed by atoms with Crippen molar-refractivity contribution >= 4 is 19.7 Å². The van der Waals surface area contributed by atoms with Gasteiger partial charge in [0.25, 0.3) is 0 Å². The van der Waals surface area contributed by atoms with Gasteiger partial charge in [0.1, 0.15) is 0 Å². The zero-order valence-electron chi connectivity index (χ0n) is 8.80. The average Bonchev–Trinajstić information content (AvgIpc) is 2.05. The molecular weight excluding hydrogens is 258 g/mol. The lowest BCUT2D eigenvalue weighted by Crippen LogP contribution is -2.26. The van der Waals surface area contributed by atoms with Crippen LogP contribution in [0.2, 0.25) is 0 Å². The van der Waals surface area contributed by atoms with Gasteiger partial charge in [-0.2, -0.15) is 0 Å². The van der Waals surface area contributed by atoms with Crippen LogP contribution < -0.4 is 0 Å². The van der Waals surface area contributed by atoms with E-state index in [1.165, 1.54) is 6.07 Å². The number of hydrogen-bond donors (Lipinski definition) is 0. The van der Waals surface area contributed by atoms with Crippen LogP contribution in [0.15, 0.2) is 18.2 Å². The maximum Gasteiger partial charge on any atom is 0.233 e. The lowest BCUT2D eigenvalue weighted by atomic mass is 9.87. The highest BCUT2D eigenvalue weighted by molar-refractivity contribution is 8.13. The Labute approximate surface area is 97.7 Å². The molecule has 0 aromatic heterocycles. The Morgan fingerprint density at radius 3 is 2.25 bits per heavy atom. The van der Waals surface area contributed by atoms with Crippen LogP contribution in [-0.4, -0.2) is 14.2 Å². The van der Waals surface area contributed by atoms with Crippen LogP contribution in [0.4, 0.5) is 8.78 Å². The zero-order chi connectivity index (χ0) is 12.6. The summed E-state index contributed by atoms with van der Waals surface area (Å²) in [6.07, 6.45) is 0. The van der Waals surface area contributed by atoms with Crippen molar-refractivity contribution in [3.05, 3.63) is 35.4 Å². The summed E-state index contributed by atoms with van der Waals surface area (Å²) in [4.78, 5) is 0. The molecule has 0 saturated heterocycles. The third-order valence-electron chi connectivity index (χ3n) is 2.23. The second-order valence-electron chi connectivity index (χ2n) is 4.20. The molecule has 0 aliphatic heterocycles. The van der Waals surface area contributed by atoms with Gasteiger partial charge in [0.15, 0.2) is 11.6 Å². The fourth-order valence-corrected chi connectivity index (χ4v) is 3.28. The van der Waals surface area contributed by atoms with Crippen LogP contribution in [-0.2, 0) is 14.5 Å². The average molecular weight is 269 g/mol. The number of hydrogen-bond acceptors (Lipinski definition) is 2. The van der Waals surface area contributed by atoms with Crippen LogP contribution in [0.3, 0.4) is 0 Å². The van der Waals surface area contributed by atoms with Crippen molar-refractivity contribution in [1.82, 2.24) is 0 Å². The first kappa shape index (κ1) is 13.4. The van der Waals surface area contributed by atoms with Gasteiger partial charge in [-0.05, 0) is 17.7 Å². The summed E-state index contributed by atoms with van der Waals surface area (Å²) < 4.78 is 47.6. The van der Waals surface area contributed by atoms with Crippen molar-refractivity contribution < 1.29 is 17.2 Å². The lowest BCUT2D eigenvalue weighted by Gasteiger charge is -2.23. The molecule has 0 bridgehead atoms. The Balaban J connectivity index is 3.12. The molecule has 1 rings (SSSR count). The van der Waals surface area contributed by atoms with E-state index in [2.05, 4.69) is 0 Å². The summed E-state index contributed by atoms with van der Waals surface area (Å²) in [6.45, 7) is 3.19. The first-order chi connectivity index (χ1) is 7.12. The molecule has 1 aromatic carbocycles. The molecule has 16 heavy (non-hydrogen) atoms. The second kappa shape index (κ2) is 4.30. The van der Waals surface area contributed by atoms with Gasteiger partial charge in [0.2, 0.25) is 9.05 Å². The smallest absolute Gasteiger partial charge is 0.212 e. The fourth-order valence-electron chi connectivity index (χ4n) is 1.43. The number of halogens is 3. The molecule has 0 unspecified atom stereocenters. The molecule has 0 amide bonds. The molecule has 0 aliphatic rings. The molecular formula is C10H11ClF2O2S. The number of rotatable bonds is 3. The summed E-state index contributed by atoms with van der Waals surface area (Å²) in [7, 11) is 1.45. The van der Waals surface area contributed by atoms with E-state index in [0.29, 0.717) is 5.56 Å². The fraction of sp³-hybridized carbons (Fsp3) is 0.400. The number of benzene rings is 1. The highest BCUT2D eigenvalue weighted by Crippen LogP contribution is 2.27. The molecule has 1 aromatic rings. The maximum absolute atomic E-state index is 13.0. The van der Waals surface area contributed by atoms with Gasteiger partial charge in [-0.15, -0.1) is 0 Å². The summed E-state index contributed by atoms with van der Waals surface area (Å²) in [5.74, 6) is -2.31. The molecule has 90 valence electrons. The van der Waals surface area contributed by atoms with E-state index in [1.807, 2.05) is 0 Å². The van der Waals surface area contributed by atoms with E-state index in [9.17, 15) is 17.2 Å². The third-order valence-corrected chi connectivity index (χ3v) is 3.63. The van der Waals surface area contributed by atoms with E-state index in [1.54, 1.807) is 13.8 Å². The van der Waals surface area contributed by atoms with E-state index in [4.69, 9.17) is 10.7 Å². The topological polar surface area (TPSA) is 34.1 Å². The quantitative estimate of drug-likeness (QED) is 0.790. The third kappa shape index (κ3) is 3.42. The molecule has 6 heteroatoms. The summed E-state index contributed by atoms with van der Waals surface area (Å²) in [5, 5.41) is 0. The first-order valence-corrected chi connectivity index (χ1v) is 6.97. The highest BCUT2D eigenvalue weighted by atomic mass is 35.7. The molecule has 0 radical (unpaired) electrons. The summed E-state index contributed by atoms with van der Waals surface area (Å²) in [5.41, 5.74) is -0.481. The van der Waals surface area contributed by atoms with Crippen molar-refractivity contribution in [2.24, 2.45) is 0 Å². The van der Waals surface area contributed by atoms with Gasteiger partial charge in [-0.3, -0.25) is 0 Å². The van der Waals surface area contributed by atoms with Crippen LogP contribution in [0.5, 0.6) is 0 Å². The van der Waals surface area contributed by atoms with Crippen molar-refractivity contribution in [3.63, 3.8) is 0 Å². The Morgan fingerprint density at radius 2 is 1.81 bits per heavy atom. The van der Waals surface area contributed by atoms with Gasteiger partial charge in [0, 0.05) is 16.1 Å². The molecule has 0 atom stereocenters. The van der Waals surface area contributed by atoms with Gasteiger partial charge in [-0.1, -0.05) is 19.9 Å². The van der Waals surface area contributed by atoms with E-state index in [-0.39, 0.29) is 5.75 Å². The predicted molar refractivity (Wildman–Crippen MR) is 59.0 cm³/mol. The minimum Gasteiger partial charge on any atom is -0.212 e. The molecule has 0 N–H and O–H groups in total. The van der Waals surface area contributed by atoms with Gasteiger partial charge in [0.05, 0.1) is 5.75 Å². The van der Waals surface area contributed by atoms with Crippen molar-refractivity contribution in [2.45, 2.75) is 19.3 Å². The zero-order valence-corrected chi connectivity index (χ0v) is 10.4. The van der Waals surface area contributed by atoms with Gasteiger partial charge in [-0.25, -0.2) is 17.2 Å². The highest BCUT2D eigenvalue weighted by Gasteiger charge is 2.27. The minimum atomic E-state index is -3.70. The molecule has 0 spiro atoms. The molecule has 0 saturated carbocycles. The normalized spacial score (nSPS) is 12.8. The van der Waals surface area contributed by atoms with Crippen molar-refractivity contribution in [3.8, 4) is 0 Å². The van der Waals surface area contributed by atoms with Crippen molar-refractivity contribution in [2.75, 3.05) is 5.75 Å². The SMILES string of the molecule is CC(C)(CS(=O)(=O)Cl)c1ccc(F)c(F)c1. The lowest BCUT2D eigenvalue weighted by molar-refractivity contribution is 0.498. The Kier molecular flexibility index (Phi) is 3.59. The molecule has 0 heterocycles. The van der Waals surface area contributed by atoms with Crippen LogP contribution in [0, 0.1) is 11.6 Å². The van der Waals surface area contributed by atoms with Crippen LogP contribution >= 0.6 is 10.7 Å². The molecule has 2 nitrogen and oxygen atoms in total. The van der Waals surface area contributed by atoms with Crippen LogP contribution in [0.25, 0.3) is 0 Å². The van der Waals surface area contributed by atoms with Gasteiger partial charge >= 0.3 is 0 Å². The Bertz CT molecular complexity index is 498. The largest absolute Gasteiger partial charge is 0.233 e. The van der Waals surface area contributed by atoms with E-state index < -0.39 is 26.1 Å².